The first kappa shape index (κ1) is 22.1. The molecule has 3 heterocycles. The molecule has 0 saturated carbocycles. The number of nitrogens with one attached hydrogen (secondary N) is 1. The molecule has 31 heavy (non-hydrogen) atoms. The fraction of sp³-hybridized carbons (Fsp3) is 0.636. The van der Waals surface area contributed by atoms with Crippen molar-refractivity contribution in [2.45, 2.75) is 63.4 Å². The Balaban J connectivity index is 1.55. The van der Waals surface area contributed by atoms with E-state index in [1.165, 1.54) is 10.4 Å². The number of likely N-dealkylation sites (tertiary alicyclic amines) is 1. The highest BCUT2D eigenvalue weighted by atomic mass is 32.2. The van der Waals surface area contributed by atoms with Crippen molar-refractivity contribution < 1.29 is 22.7 Å². The molecule has 2 unspecified atom stereocenters. The molecule has 0 radical (unpaired) electrons. The Morgan fingerprint density at radius 3 is 2.52 bits per heavy atom. The Morgan fingerprint density at radius 2 is 1.81 bits per heavy atom. The van der Waals surface area contributed by atoms with Gasteiger partial charge in [0, 0.05) is 32.2 Å². The van der Waals surface area contributed by atoms with E-state index in [0.717, 1.165) is 45.2 Å². The summed E-state index contributed by atoms with van der Waals surface area (Å²) in [6.07, 6.45) is 5.03. The second kappa shape index (κ2) is 8.78. The highest BCUT2D eigenvalue weighted by molar-refractivity contribution is 7.89. The van der Waals surface area contributed by atoms with Crippen molar-refractivity contribution in [3.05, 3.63) is 17.7 Å². The molecule has 0 bridgehead atoms. The first-order chi connectivity index (χ1) is 14.8. The summed E-state index contributed by atoms with van der Waals surface area (Å²) < 4.78 is 34.1. The second-order valence-corrected chi connectivity index (χ2v) is 10.7. The summed E-state index contributed by atoms with van der Waals surface area (Å²) in [4.78, 5) is 27.0. The van der Waals surface area contributed by atoms with E-state index >= 15 is 0 Å². The molecule has 3 aliphatic rings. The van der Waals surface area contributed by atoms with Crippen LogP contribution in [0.1, 0.15) is 51.0 Å². The molecule has 0 spiro atoms. The number of sulfonamides is 1. The monoisotopic (exact) mass is 449 g/mol. The van der Waals surface area contributed by atoms with Crippen molar-refractivity contribution >= 4 is 27.5 Å². The summed E-state index contributed by atoms with van der Waals surface area (Å²) in [7, 11) is -3.79. The topological polar surface area (TPSA) is 96.0 Å². The Morgan fingerprint density at radius 1 is 1.10 bits per heavy atom. The lowest BCUT2D eigenvalue weighted by Gasteiger charge is -2.34. The summed E-state index contributed by atoms with van der Waals surface area (Å²) in [5.41, 5.74) is 1.02. The lowest BCUT2D eigenvalue weighted by atomic mass is 9.98. The highest BCUT2D eigenvalue weighted by Crippen LogP contribution is 2.36. The fourth-order valence-electron chi connectivity index (χ4n) is 4.67. The van der Waals surface area contributed by atoms with Gasteiger partial charge in [-0.2, -0.15) is 4.31 Å². The first-order valence-electron chi connectivity index (χ1n) is 11.2. The SMILES string of the molecule is Cc1cc2c(cc1S(=O)(=O)N1CCCC(C(=O)N3CCCCCC3)C1)OC(C)C(=O)N2. The second-order valence-electron chi connectivity index (χ2n) is 8.80. The maximum absolute atomic E-state index is 13.5. The maximum atomic E-state index is 13.5. The van der Waals surface area contributed by atoms with Crippen molar-refractivity contribution in [1.29, 1.82) is 0 Å². The van der Waals surface area contributed by atoms with Gasteiger partial charge in [-0.05, 0) is 51.2 Å². The van der Waals surface area contributed by atoms with E-state index in [1.54, 1.807) is 19.9 Å². The summed E-state index contributed by atoms with van der Waals surface area (Å²) in [5.74, 6) is -0.113. The minimum absolute atomic E-state index is 0.0869. The number of carbonyl (C=O) groups is 2. The molecular weight excluding hydrogens is 418 g/mol. The zero-order chi connectivity index (χ0) is 22.2. The first-order valence-corrected chi connectivity index (χ1v) is 12.6. The van der Waals surface area contributed by atoms with Crippen molar-refractivity contribution in [3.8, 4) is 5.75 Å². The van der Waals surface area contributed by atoms with Crippen LogP contribution in [0.25, 0.3) is 0 Å². The van der Waals surface area contributed by atoms with Gasteiger partial charge in [-0.1, -0.05) is 12.8 Å². The van der Waals surface area contributed by atoms with Crippen molar-refractivity contribution in [3.63, 3.8) is 0 Å². The van der Waals surface area contributed by atoms with Crippen molar-refractivity contribution in [2.75, 3.05) is 31.5 Å². The average molecular weight is 450 g/mol. The van der Waals surface area contributed by atoms with Gasteiger partial charge < -0.3 is 15.0 Å². The third-order valence-corrected chi connectivity index (χ3v) is 8.48. The minimum Gasteiger partial charge on any atom is -0.479 e. The Hall–Kier alpha value is -2.13. The average Bonchev–Trinajstić information content (AvgIpc) is 3.03. The minimum atomic E-state index is -3.79. The van der Waals surface area contributed by atoms with Gasteiger partial charge in [-0.15, -0.1) is 0 Å². The van der Waals surface area contributed by atoms with E-state index in [2.05, 4.69) is 5.32 Å². The third kappa shape index (κ3) is 4.43. The molecule has 2 fully saturated rings. The highest BCUT2D eigenvalue weighted by Gasteiger charge is 2.37. The van der Waals surface area contributed by atoms with Gasteiger partial charge in [-0.3, -0.25) is 9.59 Å². The van der Waals surface area contributed by atoms with E-state index in [0.29, 0.717) is 30.0 Å². The van der Waals surface area contributed by atoms with Gasteiger partial charge in [0.05, 0.1) is 16.5 Å². The van der Waals surface area contributed by atoms with Gasteiger partial charge >= 0.3 is 0 Å². The molecule has 1 aromatic carbocycles. The Bertz CT molecular complexity index is 970. The molecule has 170 valence electrons. The molecule has 2 amide bonds. The van der Waals surface area contributed by atoms with Gasteiger partial charge in [0.1, 0.15) is 5.75 Å². The molecule has 0 aromatic heterocycles. The van der Waals surface area contributed by atoms with E-state index in [9.17, 15) is 18.0 Å². The van der Waals surface area contributed by atoms with Crippen molar-refractivity contribution in [2.24, 2.45) is 5.92 Å². The molecule has 8 nitrogen and oxygen atoms in total. The standard InChI is InChI=1S/C22H31N3O5S/c1-15-12-18-19(30-16(2)21(26)23-18)13-20(15)31(28,29)25-11-7-8-17(14-25)22(27)24-9-5-3-4-6-10-24/h12-13,16-17H,3-11,14H2,1-2H3,(H,23,26). The lowest BCUT2D eigenvalue weighted by Crippen LogP contribution is -2.47. The van der Waals surface area contributed by atoms with E-state index in [4.69, 9.17) is 4.74 Å². The largest absolute Gasteiger partial charge is 0.479 e. The number of hydrogen-bond acceptors (Lipinski definition) is 5. The zero-order valence-corrected chi connectivity index (χ0v) is 19.0. The Kier molecular flexibility index (Phi) is 6.25. The quantitative estimate of drug-likeness (QED) is 0.765. The number of carbonyl (C=O) groups excluding carboxylic acids is 2. The number of benzene rings is 1. The summed E-state index contributed by atoms with van der Waals surface area (Å²) >= 11 is 0. The van der Waals surface area contributed by atoms with Crippen LogP contribution in [0, 0.1) is 12.8 Å². The van der Waals surface area contributed by atoms with Gasteiger partial charge in [0.2, 0.25) is 15.9 Å². The van der Waals surface area contributed by atoms with Gasteiger partial charge in [0.25, 0.3) is 5.91 Å². The molecule has 3 aliphatic heterocycles. The fourth-order valence-corrected chi connectivity index (χ4v) is 6.42. The molecular formula is C22H31N3O5S. The number of piperidine rings is 1. The molecule has 4 rings (SSSR count). The molecule has 2 saturated heterocycles. The van der Waals surface area contributed by atoms with Gasteiger partial charge in [-0.25, -0.2) is 8.42 Å². The smallest absolute Gasteiger partial charge is 0.265 e. The maximum Gasteiger partial charge on any atom is 0.265 e. The number of nitrogens with zero attached hydrogens (tertiary/aromatic N) is 2. The van der Waals surface area contributed by atoms with Crippen LogP contribution in [0.3, 0.4) is 0 Å². The number of ether oxygens (including phenoxy) is 1. The molecule has 9 heteroatoms. The van der Waals surface area contributed by atoms with Crippen LogP contribution in [-0.2, 0) is 19.6 Å². The summed E-state index contributed by atoms with van der Waals surface area (Å²) in [6, 6.07) is 3.13. The summed E-state index contributed by atoms with van der Waals surface area (Å²) in [5, 5.41) is 2.75. The summed E-state index contributed by atoms with van der Waals surface area (Å²) in [6.45, 7) is 5.48. The predicted octanol–water partition coefficient (Wildman–Crippen LogP) is 2.52. The molecule has 1 N–H and O–H groups in total. The van der Waals surface area contributed by atoms with E-state index in [-0.39, 0.29) is 29.2 Å². The van der Waals surface area contributed by atoms with Crippen LogP contribution in [0.15, 0.2) is 17.0 Å². The number of aryl methyl sites for hydroxylation is 1. The zero-order valence-electron chi connectivity index (χ0n) is 18.2. The Labute approximate surface area is 184 Å². The molecule has 0 aliphatic carbocycles. The van der Waals surface area contributed by atoms with Crippen LogP contribution in [0.2, 0.25) is 0 Å². The van der Waals surface area contributed by atoms with Gasteiger partial charge in [0.15, 0.2) is 6.10 Å². The normalized spacial score (nSPS) is 25.2. The lowest BCUT2D eigenvalue weighted by molar-refractivity contribution is -0.136. The molecule has 2 atom stereocenters. The number of anilines is 1. The van der Waals surface area contributed by atoms with E-state index in [1.807, 2.05) is 4.90 Å². The van der Waals surface area contributed by atoms with Crippen LogP contribution in [0.4, 0.5) is 5.69 Å². The third-order valence-electron chi connectivity index (χ3n) is 6.48. The number of fused-ring (bicyclic) bond motifs is 1. The van der Waals surface area contributed by atoms with E-state index < -0.39 is 16.1 Å². The number of amides is 2. The van der Waals surface area contributed by atoms with Crippen molar-refractivity contribution in [1.82, 2.24) is 9.21 Å². The molecule has 1 aromatic rings. The van der Waals surface area contributed by atoms with Crippen LogP contribution >= 0.6 is 0 Å². The number of rotatable bonds is 3. The number of hydrogen-bond donors (Lipinski definition) is 1. The van der Waals surface area contributed by atoms with Crippen LogP contribution in [0.5, 0.6) is 5.75 Å². The van der Waals surface area contributed by atoms with Crippen LogP contribution < -0.4 is 10.1 Å². The van der Waals surface area contributed by atoms with Crippen LogP contribution in [-0.4, -0.2) is 61.7 Å². The predicted molar refractivity (Wildman–Crippen MR) is 116 cm³/mol.